The number of hydrogen-bond donors (Lipinski definition) is 1. The fourth-order valence-corrected chi connectivity index (χ4v) is 5.56. The maximum Gasteiger partial charge on any atom is 0.264 e. The number of rotatable bonds is 10. The van der Waals surface area contributed by atoms with Crippen molar-refractivity contribution in [3.63, 3.8) is 0 Å². The van der Waals surface area contributed by atoms with Gasteiger partial charge in [-0.2, -0.15) is 0 Å². The van der Waals surface area contributed by atoms with Gasteiger partial charge < -0.3 is 15.0 Å². The van der Waals surface area contributed by atoms with E-state index in [1.54, 1.807) is 45.0 Å². The number of benzene rings is 3. The van der Waals surface area contributed by atoms with E-state index in [0.29, 0.717) is 0 Å². The predicted molar refractivity (Wildman–Crippen MR) is 153 cm³/mol. The summed E-state index contributed by atoms with van der Waals surface area (Å²) in [6.07, 6.45) is 0. The number of sulfonamides is 1. The van der Waals surface area contributed by atoms with Gasteiger partial charge >= 0.3 is 0 Å². The molecule has 0 spiro atoms. The van der Waals surface area contributed by atoms with E-state index in [1.807, 2.05) is 0 Å². The van der Waals surface area contributed by atoms with Gasteiger partial charge in [-0.1, -0.05) is 48.0 Å². The quantitative estimate of drug-likeness (QED) is 0.358. The summed E-state index contributed by atoms with van der Waals surface area (Å²) in [5, 5.41) is 3.05. The van der Waals surface area contributed by atoms with E-state index in [-0.39, 0.29) is 33.5 Å². The molecule has 0 aliphatic carbocycles. The second-order valence-electron chi connectivity index (χ2n) is 10.2. The Labute approximate surface area is 239 Å². The molecule has 2 amide bonds. The minimum atomic E-state index is -4.32. The van der Waals surface area contributed by atoms with E-state index in [4.69, 9.17) is 16.3 Å². The standard InChI is InChI=1S/C29H33ClFN3O5S/c1-20(28(36)32-29(2,3)4)33(18-21-11-9-10-14-24(21)31)27(35)19-34(25-17-22(30)15-16-26(25)39-5)40(37,38)23-12-7-6-8-13-23/h6-17,20H,18-19H2,1-5H3,(H,32,36). The molecule has 1 atom stereocenters. The van der Waals surface area contributed by atoms with Crippen LogP contribution in [0.2, 0.25) is 5.02 Å². The van der Waals surface area contributed by atoms with Crippen LogP contribution in [0.25, 0.3) is 0 Å². The molecule has 3 rings (SSSR count). The highest BCUT2D eigenvalue weighted by atomic mass is 35.5. The molecule has 0 fully saturated rings. The molecule has 0 saturated heterocycles. The van der Waals surface area contributed by atoms with Crippen LogP contribution in [-0.2, 0) is 26.2 Å². The largest absolute Gasteiger partial charge is 0.495 e. The van der Waals surface area contributed by atoms with Crippen LogP contribution in [0.4, 0.5) is 10.1 Å². The number of carbonyl (C=O) groups is 2. The molecule has 0 heterocycles. The van der Waals surface area contributed by atoms with Crippen molar-refractivity contribution in [3.05, 3.63) is 89.2 Å². The zero-order chi connectivity index (χ0) is 29.7. The Bertz CT molecular complexity index is 1460. The lowest BCUT2D eigenvalue weighted by molar-refractivity contribution is -0.140. The summed E-state index contributed by atoms with van der Waals surface area (Å²) >= 11 is 6.22. The number of anilines is 1. The number of methoxy groups -OCH3 is 1. The van der Waals surface area contributed by atoms with E-state index < -0.39 is 45.8 Å². The lowest BCUT2D eigenvalue weighted by Crippen LogP contribution is -2.54. The topological polar surface area (TPSA) is 96.0 Å². The Morgan fingerprint density at radius 2 is 1.65 bits per heavy atom. The lowest BCUT2D eigenvalue weighted by Gasteiger charge is -2.33. The Balaban J connectivity index is 2.11. The van der Waals surface area contributed by atoms with Crippen LogP contribution in [0.1, 0.15) is 33.3 Å². The van der Waals surface area contributed by atoms with Gasteiger partial charge in [0.2, 0.25) is 11.8 Å². The van der Waals surface area contributed by atoms with Crippen LogP contribution in [0.3, 0.4) is 0 Å². The molecule has 0 bridgehead atoms. The minimum absolute atomic E-state index is 0.0323. The maximum absolute atomic E-state index is 14.7. The predicted octanol–water partition coefficient (Wildman–Crippen LogP) is 5.02. The first-order valence-corrected chi connectivity index (χ1v) is 14.3. The Kier molecular flexibility index (Phi) is 9.81. The number of carbonyl (C=O) groups excluding carboxylic acids is 2. The highest BCUT2D eigenvalue weighted by molar-refractivity contribution is 7.92. The van der Waals surface area contributed by atoms with Crippen molar-refractivity contribution in [2.24, 2.45) is 0 Å². The number of ether oxygens (including phenoxy) is 1. The van der Waals surface area contributed by atoms with E-state index >= 15 is 0 Å². The molecule has 1 N–H and O–H groups in total. The van der Waals surface area contributed by atoms with Gasteiger partial charge in [-0.25, -0.2) is 12.8 Å². The van der Waals surface area contributed by atoms with Gasteiger partial charge in [-0.05, 0) is 64.1 Å². The van der Waals surface area contributed by atoms with Gasteiger partial charge in [0.05, 0.1) is 17.7 Å². The zero-order valence-corrected chi connectivity index (χ0v) is 24.6. The Hall–Kier alpha value is -3.63. The molecule has 8 nitrogen and oxygen atoms in total. The van der Waals surface area contributed by atoms with Crippen molar-refractivity contribution in [1.82, 2.24) is 10.2 Å². The molecule has 3 aromatic carbocycles. The van der Waals surface area contributed by atoms with E-state index in [9.17, 15) is 22.4 Å². The molecule has 3 aromatic rings. The van der Waals surface area contributed by atoms with Gasteiger partial charge in [0.1, 0.15) is 24.2 Å². The highest BCUT2D eigenvalue weighted by Crippen LogP contribution is 2.35. The smallest absolute Gasteiger partial charge is 0.264 e. The molecule has 0 aromatic heterocycles. The Morgan fingerprint density at radius 1 is 1.02 bits per heavy atom. The summed E-state index contributed by atoms with van der Waals surface area (Å²) in [6.45, 7) is 5.90. The van der Waals surface area contributed by atoms with Crippen molar-refractivity contribution in [1.29, 1.82) is 0 Å². The van der Waals surface area contributed by atoms with Crippen molar-refractivity contribution in [3.8, 4) is 5.75 Å². The minimum Gasteiger partial charge on any atom is -0.495 e. The molecule has 0 radical (unpaired) electrons. The van der Waals surface area contributed by atoms with Crippen molar-refractivity contribution >= 4 is 39.1 Å². The first-order valence-electron chi connectivity index (χ1n) is 12.5. The molecule has 11 heteroatoms. The maximum atomic E-state index is 14.7. The number of nitrogens with zero attached hydrogens (tertiary/aromatic N) is 2. The van der Waals surface area contributed by atoms with Gasteiger partial charge in [-0.15, -0.1) is 0 Å². The van der Waals surface area contributed by atoms with Crippen LogP contribution < -0.4 is 14.4 Å². The normalized spacial score (nSPS) is 12.4. The number of nitrogens with one attached hydrogen (secondary N) is 1. The summed E-state index contributed by atoms with van der Waals surface area (Å²) in [6, 6.07) is 16.8. The molecule has 214 valence electrons. The fourth-order valence-electron chi connectivity index (χ4n) is 3.96. The van der Waals surface area contributed by atoms with Gasteiger partial charge in [0.25, 0.3) is 10.0 Å². The second-order valence-corrected chi connectivity index (χ2v) is 12.5. The average Bonchev–Trinajstić information content (AvgIpc) is 2.90. The van der Waals surface area contributed by atoms with Crippen LogP contribution in [0.5, 0.6) is 5.75 Å². The van der Waals surface area contributed by atoms with Crippen molar-refractivity contribution in [2.75, 3.05) is 18.0 Å². The third-order valence-electron chi connectivity index (χ3n) is 5.98. The van der Waals surface area contributed by atoms with Crippen LogP contribution >= 0.6 is 11.6 Å². The number of halogens is 2. The molecule has 1 unspecified atom stereocenters. The summed E-state index contributed by atoms with van der Waals surface area (Å²) in [5.74, 6) is -1.61. The first-order chi connectivity index (χ1) is 18.7. The van der Waals surface area contributed by atoms with Crippen LogP contribution in [0, 0.1) is 5.82 Å². The van der Waals surface area contributed by atoms with Crippen molar-refractivity contribution in [2.45, 2.75) is 50.7 Å². The van der Waals surface area contributed by atoms with E-state index in [0.717, 1.165) is 9.21 Å². The molecular weight excluding hydrogens is 557 g/mol. The third-order valence-corrected chi connectivity index (χ3v) is 7.99. The van der Waals surface area contributed by atoms with Crippen LogP contribution in [-0.4, -0.2) is 50.4 Å². The van der Waals surface area contributed by atoms with Gasteiger partial charge in [-0.3, -0.25) is 13.9 Å². The molecule has 0 aliphatic heterocycles. The third kappa shape index (κ3) is 7.51. The van der Waals surface area contributed by atoms with Gasteiger partial charge in [0.15, 0.2) is 0 Å². The lowest BCUT2D eigenvalue weighted by atomic mass is 10.1. The molecule has 0 aliphatic rings. The average molecular weight is 590 g/mol. The fraction of sp³-hybridized carbons (Fsp3) is 0.310. The van der Waals surface area contributed by atoms with Crippen molar-refractivity contribution < 1.29 is 27.1 Å². The summed E-state index contributed by atoms with van der Waals surface area (Å²) in [7, 11) is -2.95. The number of hydrogen-bond acceptors (Lipinski definition) is 5. The molecule has 0 saturated carbocycles. The highest BCUT2D eigenvalue weighted by Gasteiger charge is 2.34. The summed E-state index contributed by atoms with van der Waals surface area (Å²) in [5.41, 5.74) is -0.400. The van der Waals surface area contributed by atoms with E-state index in [1.165, 1.54) is 62.6 Å². The number of amides is 2. The van der Waals surface area contributed by atoms with Gasteiger partial charge in [0, 0.05) is 22.7 Å². The van der Waals surface area contributed by atoms with Crippen LogP contribution in [0.15, 0.2) is 77.7 Å². The monoisotopic (exact) mass is 589 g/mol. The SMILES string of the molecule is COc1ccc(Cl)cc1N(CC(=O)N(Cc1ccccc1F)C(C)C(=O)NC(C)(C)C)S(=O)(=O)c1ccccc1. The zero-order valence-electron chi connectivity index (χ0n) is 23.0. The molecular formula is C29H33ClFN3O5S. The van der Waals surface area contributed by atoms with E-state index in [2.05, 4.69) is 5.32 Å². The second kappa shape index (κ2) is 12.7. The molecule has 40 heavy (non-hydrogen) atoms. The first kappa shape index (κ1) is 30.9. The summed E-state index contributed by atoms with van der Waals surface area (Å²) in [4.78, 5) is 28.2. The summed E-state index contributed by atoms with van der Waals surface area (Å²) < 4.78 is 48.7. The Morgan fingerprint density at radius 3 is 2.25 bits per heavy atom.